The summed E-state index contributed by atoms with van der Waals surface area (Å²) in [7, 11) is 0. The number of hydrogen-bond acceptors (Lipinski definition) is 2. The third-order valence-corrected chi connectivity index (χ3v) is 4.16. The summed E-state index contributed by atoms with van der Waals surface area (Å²) < 4.78 is 0. The molecule has 3 heteroatoms. The van der Waals surface area contributed by atoms with E-state index in [4.69, 9.17) is 0 Å². The zero-order valence-electron chi connectivity index (χ0n) is 10.8. The molecule has 0 spiro atoms. The molecule has 96 valence electrons. The van der Waals surface area contributed by atoms with Gasteiger partial charge >= 0.3 is 0 Å². The Morgan fingerprint density at radius 3 is 2.61 bits per heavy atom. The molecule has 2 fully saturated rings. The second kappa shape index (κ2) is 4.73. The van der Waals surface area contributed by atoms with Crippen molar-refractivity contribution >= 4 is 5.91 Å². The highest BCUT2D eigenvalue weighted by Gasteiger charge is 2.41. The Hall–Kier alpha value is -1.35. The van der Waals surface area contributed by atoms with E-state index in [-0.39, 0.29) is 18.1 Å². The molecule has 3 rings (SSSR count). The molecule has 1 amide bonds. The van der Waals surface area contributed by atoms with E-state index < -0.39 is 0 Å². The first-order chi connectivity index (χ1) is 8.75. The van der Waals surface area contributed by atoms with E-state index in [1.165, 1.54) is 24.8 Å². The molecular formula is C15H20N2O. The number of amides is 1. The monoisotopic (exact) mass is 244 g/mol. The standard InChI is InChI=1S/C15H20N2O/c1-11-16-14(10-12-6-3-2-4-7-12)15(18)17(11)13-8-5-9-13/h2-4,6-7,11,13-14,16H,5,8-10H2,1H3. The summed E-state index contributed by atoms with van der Waals surface area (Å²) in [4.78, 5) is 14.5. The SMILES string of the molecule is CC1NC(Cc2ccccc2)C(=O)N1C1CCC1. The van der Waals surface area contributed by atoms with Crippen molar-refractivity contribution in [2.75, 3.05) is 0 Å². The highest BCUT2D eigenvalue weighted by atomic mass is 16.2. The van der Waals surface area contributed by atoms with E-state index in [9.17, 15) is 4.79 Å². The topological polar surface area (TPSA) is 32.3 Å². The number of benzene rings is 1. The second-order valence-electron chi connectivity index (χ2n) is 5.42. The Bertz CT molecular complexity index is 427. The molecule has 1 heterocycles. The van der Waals surface area contributed by atoms with Crippen LogP contribution in [0.25, 0.3) is 0 Å². The molecule has 1 saturated heterocycles. The molecule has 2 unspecified atom stereocenters. The summed E-state index contributed by atoms with van der Waals surface area (Å²) in [5.74, 6) is 0.288. The largest absolute Gasteiger partial charge is 0.323 e. The maximum Gasteiger partial charge on any atom is 0.241 e. The normalized spacial score (nSPS) is 28.5. The summed E-state index contributed by atoms with van der Waals surface area (Å²) >= 11 is 0. The first-order valence-corrected chi connectivity index (χ1v) is 6.88. The molecule has 0 aromatic heterocycles. The summed E-state index contributed by atoms with van der Waals surface area (Å²) in [5.41, 5.74) is 1.23. The van der Waals surface area contributed by atoms with Gasteiger partial charge in [0.1, 0.15) is 0 Å². The van der Waals surface area contributed by atoms with Crippen LogP contribution in [0.15, 0.2) is 30.3 Å². The van der Waals surface area contributed by atoms with Crippen molar-refractivity contribution in [2.45, 2.75) is 50.9 Å². The Kier molecular flexibility index (Phi) is 3.08. The summed E-state index contributed by atoms with van der Waals surface area (Å²) in [6.45, 7) is 2.10. The minimum absolute atomic E-state index is 0.0389. The number of hydrogen-bond donors (Lipinski definition) is 1. The van der Waals surface area contributed by atoms with Crippen LogP contribution < -0.4 is 5.32 Å². The number of carbonyl (C=O) groups excluding carboxylic acids is 1. The third-order valence-electron chi connectivity index (χ3n) is 4.16. The maximum atomic E-state index is 12.4. The maximum absolute atomic E-state index is 12.4. The van der Waals surface area contributed by atoms with Crippen molar-refractivity contribution in [2.24, 2.45) is 0 Å². The zero-order valence-corrected chi connectivity index (χ0v) is 10.8. The van der Waals surface area contributed by atoms with Gasteiger partial charge in [-0.2, -0.15) is 0 Å². The van der Waals surface area contributed by atoms with Crippen molar-refractivity contribution in [3.8, 4) is 0 Å². The zero-order chi connectivity index (χ0) is 12.5. The van der Waals surface area contributed by atoms with Gasteiger partial charge in [-0.3, -0.25) is 10.1 Å². The predicted octanol–water partition coefficient (Wildman–Crippen LogP) is 1.93. The number of nitrogens with one attached hydrogen (secondary N) is 1. The fourth-order valence-corrected chi connectivity index (χ4v) is 2.97. The van der Waals surface area contributed by atoms with Gasteiger partial charge in [-0.1, -0.05) is 30.3 Å². The van der Waals surface area contributed by atoms with Gasteiger partial charge in [-0.05, 0) is 38.2 Å². The lowest BCUT2D eigenvalue weighted by atomic mass is 9.91. The molecule has 1 aromatic carbocycles. The summed E-state index contributed by atoms with van der Waals surface area (Å²) in [5, 5.41) is 3.43. The smallest absolute Gasteiger partial charge is 0.241 e. The molecule has 2 atom stereocenters. The Labute approximate surface area is 108 Å². The minimum atomic E-state index is -0.0389. The van der Waals surface area contributed by atoms with Gasteiger partial charge in [-0.15, -0.1) is 0 Å². The van der Waals surface area contributed by atoms with Gasteiger partial charge < -0.3 is 4.90 Å². The summed E-state index contributed by atoms with van der Waals surface area (Å²) in [6, 6.07) is 10.7. The Balaban J connectivity index is 1.69. The minimum Gasteiger partial charge on any atom is -0.323 e. The van der Waals surface area contributed by atoms with Crippen LogP contribution in [0.1, 0.15) is 31.7 Å². The quantitative estimate of drug-likeness (QED) is 0.881. The van der Waals surface area contributed by atoms with Crippen LogP contribution in [0.5, 0.6) is 0 Å². The number of nitrogens with zero attached hydrogens (tertiary/aromatic N) is 1. The van der Waals surface area contributed by atoms with E-state index in [1.807, 2.05) is 18.2 Å². The highest BCUT2D eigenvalue weighted by Crippen LogP contribution is 2.29. The fraction of sp³-hybridized carbons (Fsp3) is 0.533. The van der Waals surface area contributed by atoms with Crippen LogP contribution in [-0.2, 0) is 11.2 Å². The first-order valence-electron chi connectivity index (χ1n) is 6.88. The van der Waals surface area contributed by atoms with E-state index in [0.717, 1.165) is 6.42 Å². The molecule has 1 aromatic rings. The molecule has 2 aliphatic rings. The van der Waals surface area contributed by atoms with Crippen molar-refractivity contribution in [1.82, 2.24) is 10.2 Å². The predicted molar refractivity (Wildman–Crippen MR) is 71.0 cm³/mol. The van der Waals surface area contributed by atoms with E-state index in [2.05, 4.69) is 29.3 Å². The molecule has 1 saturated carbocycles. The fourth-order valence-electron chi connectivity index (χ4n) is 2.97. The molecule has 1 aliphatic heterocycles. The average Bonchev–Trinajstić information content (AvgIpc) is 2.57. The van der Waals surface area contributed by atoms with Gasteiger partial charge in [0.15, 0.2) is 0 Å². The summed E-state index contributed by atoms with van der Waals surface area (Å²) in [6.07, 6.45) is 4.61. The van der Waals surface area contributed by atoms with E-state index in [0.29, 0.717) is 6.04 Å². The molecule has 1 aliphatic carbocycles. The van der Waals surface area contributed by atoms with Crippen LogP contribution in [0, 0.1) is 0 Å². The van der Waals surface area contributed by atoms with Crippen molar-refractivity contribution in [3.63, 3.8) is 0 Å². The lowest BCUT2D eigenvalue weighted by Crippen LogP contribution is -2.46. The second-order valence-corrected chi connectivity index (χ2v) is 5.42. The van der Waals surface area contributed by atoms with Crippen LogP contribution >= 0.6 is 0 Å². The number of carbonyl (C=O) groups is 1. The lowest BCUT2D eigenvalue weighted by Gasteiger charge is -2.37. The van der Waals surface area contributed by atoms with Gasteiger partial charge in [0, 0.05) is 6.04 Å². The van der Waals surface area contributed by atoms with E-state index >= 15 is 0 Å². The van der Waals surface area contributed by atoms with Gasteiger partial charge in [0.2, 0.25) is 5.91 Å². The van der Waals surface area contributed by atoms with Crippen LogP contribution in [0.4, 0.5) is 0 Å². The van der Waals surface area contributed by atoms with Crippen LogP contribution in [-0.4, -0.2) is 29.1 Å². The number of rotatable bonds is 3. The molecule has 0 bridgehead atoms. The lowest BCUT2D eigenvalue weighted by molar-refractivity contribution is -0.133. The van der Waals surface area contributed by atoms with Gasteiger partial charge in [0.05, 0.1) is 12.2 Å². The van der Waals surface area contributed by atoms with Crippen LogP contribution in [0.3, 0.4) is 0 Å². The van der Waals surface area contributed by atoms with Crippen molar-refractivity contribution < 1.29 is 4.79 Å². The molecule has 1 N–H and O–H groups in total. The van der Waals surface area contributed by atoms with E-state index in [1.54, 1.807) is 0 Å². The first kappa shape index (κ1) is 11.7. The van der Waals surface area contributed by atoms with Crippen molar-refractivity contribution in [3.05, 3.63) is 35.9 Å². The molecule has 18 heavy (non-hydrogen) atoms. The average molecular weight is 244 g/mol. The molecule has 3 nitrogen and oxygen atoms in total. The Morgan fingerprint density at radius 1 is 1.28 bits per heavy atom. The van der Waals surface area contributed by atoms with Gasteiger partial charge in [-0.25, -0.2) is 0 Å². The van der Waals surface area contributed by atoms with Crippen LogP contribution in [0.2, 0.25) is 0 Å². The highest BCUT2D eigenvalue weighted by molar-refractivity contribution is 5.85. The van der Waals surface area contributed by atoms with Crippen molar-refractivity contribution in [1.29, 1.82) is 0 Å². The molecule has 0 radical (unpaired) electrons. The third kappa shape index (κ3) is 2.03. The van der Waals surface area contributed by atoms with Gasteiger partial charge in [0.25, 0.3) is 0 Å². The molecular weight excluding hydrogens is 224 g/mol. The Morgan fingerprint density at radius 2 is 2.00 bits per heavy atom.